The van der Waals surface area contributed by atoms with Gasteiger partial charge >= 0.3 is 0 Å². The van der Waals surface area contributed by atoms with Crippen molar-refractivity contribution in [3.05, 3.63) is 0 Å². The van der Waals surface area contributed by atoms with Crippen molar-refractivity contribution >= 4 is 0 Å². The van der Waals surface area contributed by atoms with E-state index in [2.05, 4.69) is 6.92 Å². The summed E-state index contributed by atoms with van der Waals surface area (Å²) in [5, 5.41) is 10.9. The van der Waals surface area contributed by atoms with Crippen molar-refractivity contribution in [2.75, 3.05) is 13.2 Å². The maximum atomic E-state index is 10.9. The van der Waals surface area contributed by atoms with Gasteiger partial charge in [0.05, 0.1) is 18.8 Å². The van der Waals surface area contributed by atoms with E-state index in [1.165, 1.54) is 25.7 Å². The van der Waals surface area contributed by atoms with Gasteiger partial charge in [-0.15, -0.1) is 0 Å². The van der Waals surface area contributed by atoms with Crippen LogP contribution in [0.4, 0.5) is 0 Å². The van der Waals surface area contributed by atoms with Crippen LogP contribution in [0.5, 0.6) is 0 Å². The summed E-state index contributed by atoms with van der Waals surface area (Å²) in [6, 6.07) is 0. The lowest BCUT2D eigenvalue weighted by atomic mass is 9.67. The van der Waals surface area contributed by atoms with E-state index >= 15 is 0 Å². The lowest BCUT2D eigenvalue weighted by Crippen LogP contribution is -2.48. The quantitative estimate of drug-likeness (QED) is 0.782. The molecule has 2 saturated carbocycles. The summed E-state index contributed by atoms with van der Waals surface area (Å²) in [4.78, 5) is 0. The van der Waals surface area contributed by atoms with Crippen LogP contribution in [0.3, 0.4) is 0 Å². The van der Waals surface area contributed by atoms with Gasteiger partial charge in [-0.3, -0.25) is 0 Å². The number of hydrogen-bond acceptors (Lipinski definition) is 3. The molecular weight excluding hydrogens is 228 g/mol. The Balaban J connectivity index is 1.60. The molecule has 0 bridgehead atoms. The molecule has 104 valence electrons. The van der Waals surface area contributed by atoms with Gasteiger partial charge in [0, 0.05) is 12.8 Å². The molecule has 3 fully saturated rings. The minimum absolute atomic E-state index is 0.339. The van der Waals surface area contributed by atoms with E-state index < -0.39 is 5.60 Å². The number of rotatable bonds is 1. The van der Waals surface area contributed by atoms with Crippen molar-refractivity contribution in [2.24, 2.45) is 11.8 Å². The molecular formula is C15H26O3. The predicted octanol–water partition coefficient (Wildman–Crippen LogP) is 2.86. The van der Waals surface area contributed by atoms with Crippen LogP contribution in [-0.2, 0) is 9.47 Å². The van der Waals surface area contributed by atoms with Gasteiger partial charge in [0.15, 0.2) is 5.79 Å². The Bertz CT molecular complexity index is 278. The fourth-order valence-electron chi connectivity index (χ4n) is 4.06. The van der Waals surface area contributed by atoms with Crippen molar-refractivity contribution in [1.29, 1.82) is 0 Å². The molecule has 0 aromatic heterocycles. The standard InChI is InChI=1S/C15H26O3/c1-12-2-4-13(5-3-12)14(16)6-8-15(9-7-14)17-10-11-18-15/h12-13,16H,2-11H2,1H3. The van der Waals surface area contributed by atoms with Gasteiger partial charge in [0.2, 0.25) is 0 Å². The fraction of sp³-hybridized carbons (Fsp3) is 1.00. The third-order valence-electron chi connectivity index (χ3n) is 5.47. The van der Waals surface area contributed by atoms with Crippen LogP contribution >= 0.6 is 0 Å². The monoisotopic (exact) mass is 254 g/mol. The Hall–Kier alpha value is -0.120. The summed E-state index contributed by atoms with van der Waals surface area (Å²) in [6.45, 7) is 3.77. The SMILES string of the molecule is CC1CCC(C2(O)CCC3(CC2)OCCO3)CC1. The molecule has 1 aliphatic heterocycles. The molecule has 0 aromatic carbocycles. The number of hydrogen-bond donors (Lipinski definition) is 1. The first kappa shape index (κ1) is 12.9. The first-order valence-corrected chi connectivity index (χ1v) is 7.62. The van der Waals surface area contributed by atoms with E-state index in [0.29, 0.717) is 5.92 Å². The third-order valence-corrected chi connectivity index (χ3v) is 5.47. The lowest BCUT2D eigenvalue weighted by molar-refractivity contribution is -0.212. The van der Waals surface area contributed by atoms with Gasteiger partial charge in [0.1, 0.15) is 0 Å². The second-order valence-electron chi connectivity index (χ2n) is 6.67. The Labute approximate surface area is 110 Å². The minimum Gasteiger partial charge on any atom is -0.390 e. The Morgan fingerprint density at radius 3 is 2.00 bits per heavy atom. The highest BCUT2D eigenvalue weighted by molar-refractivity contribution is 4.96. The van der Waals surface area contributed by atoms with E-state index in [1.807, 2.05) is 0 Å². The lowest BCUT2D eigenvalue weighted by Gasteiger charge is -2.46. The average Bonchev–Trinajstić information content (AvgIpc) is 2.83. The second-order valence-corrected chi connectivity index (χ2v) is 6.67. The van der Waals surface area contributed by atoms with E-state index in [0.717, 1.165) is 44.8 Å². The highest BCUT2D eigenvalue weighted by atomic mass is 16.7. The molecule has 3 rings (SSSR count). The van der Waals surface area contributed by atoms with Crippen LogP contribution < -0.4 is 0 Å². The van der Waals surface area contributed by atoms with Gasteiger partial charge in [-0.25, -0.2) is 0 Å². The molecule has 3 aliphatic rings. The molecule has 1 heterocycles. The molecule has 1 spiro atoms. The normalized spacial score (nSPS) is 39.0. The van der Waals surface area contributed by atoms with Crippen molar-refractivity contribution in [3.63, 3.8) is 0 Å². The van der Waals surface area contributed by atoms with Crippen molar-refractivity contribution in [1.82, 2.24) is 0 Å². The molecule has 1 N–H and O–H groups in total. The summed E-state index contributed by atoms with van der Waals surface area (Å²) >= 11 is 0. The topological polar surface area (TPSA) is 38.7 Å². The van der Waals surface area contributed by atoms with Crippen molar-refractivity contribution in [3.8, 4) is 0 Å². The molecule has 0 aromatic rings. The molecule has 2 aliphatic carbocycles. The van der Waals surface area contributed by atoms with Crippen LogP contribution in [0.25, 0.3) is 0 Å². The number of ether oxygens (including phenoxy) is 2. The Morgan fingerprint density at radius 2 is 1.44 bits per heavy atom. The molecule has 18 heavy (non-hydrogen) atoms. The van der Waals surface area contributed by atoms with Gasteiger partial charge in [0.25, 0.3) is 0 Å². The Kier molecular flexibility index (Phi) is 3.41. The third kappa shape index (κ3) is 2.33. The summed E-state index contributed by atoms with van der Waals surface area (Å²) < 4.78 is 11.5. The van der Waals surface area contributed by atoms with Gasteiger partial charge in [-0.05, 0) is 37.5 Å². The van der Waals surface area contributed by atoms with Crippen LogP contribution in [0.2, 0.25) is 0 Å². The largest absolute Gasteiger partial charge is 0.390 e. The zero-order chi connectivity index (χ0) is 12.6. The zero-order valence-corrected chi connectivity index (χ0v) is 11.5. The maximum absolute atomic E-state index is 10.9. The van der Waals surface area contributed by atoms with Crippen molar-refractivity contribution in [2.45, 2.75) is 69.7 Å². The second kappa shape index (κ2) is 4.77. The molecule has 3 heteroatoms. The fourth-order valence-corrected chi connectivity index (χ4v) is 4.06. The van der Waals surface area contributed by atoms with E-state index in [-0.39, 0.29) is 5.79 Å². The number of aliphatic hydroxyl groups is 1. The van der Waals surface area contributed by atoms with Gasteiger partial charge < -0.3 is 14.6 Å². The Morgan fingerprint density at radius 1 is 0.889 bits per heavy atom. The average molecular weight is 254 g/mol. The molecule has 3 nitrogen and oxygen atoms in total. The van der Waals surface area contributed by atoms with Gasteiger partial charge in [-0.2, -0.15) is 0 Å². The van der Waals surface area contributed by atoms with E-state index in [9.17, 15) is 5.11 Å². The highest BCUT2D eigenvalue weighted by Crippen LogP contribution is 2.47. The van der Waals surface area contributed by atoms with Crippen LogP contribution in [0, 0.1) is 11.8 Å². The van der Waals surface area contributed by atoms with E-state index in [1.54, 1.807) is 0 Å². The molecule has 0 radical (unpaired) electrons. The highest BCUT2D eigenvalue weighted by Gasteiger charge is 2.48. The van der Waals surface area contributed by atoms with E-state index in [4.69, 9.17) is 9.47 Å². The molecule has 0 atom stereocenters. The van der Waals surface area contributed by atoms with Crippen LogP contribution in [-0.4, -0.2) is 29.7 Å². The summed E-state index contributed by atoms with van der Waals surface area (Å²) in [6.07, 6.45) is 8.41. The first-order chi connectivity index (χ1) is 8.62. The summed E-state index contributed by atoms with van der Waals surface area (Å²) in [5.41, 5.74) is -0.444. The predicted molar refractivity (Wildman–Crippen MR) is 69.2 cm³/mol. The summed E-state index contributed by atoms with van der Waals surface area (Å²) in [5.74, 6) is 1.02. The maximum Gasteiger partial charge on any atom is 0.168 e. The van der Waals surface area contributed by atoms with Crippen LogP contribution in [0.15, 0.2) is 0 Å². The minimum atomic E-state index is -0.444. The first-order valence-electron chi connectivity index (χ1n) is 7.62. The van der Waals surface area contributed by atoms with Gasteiger partial charge in [-0.1, -0.05) is 19.8 Å². The van der Waals surface area contributed by atoms with Crippen LogP contribution in [0.1, 0.15) is 58.3 Å². The molecule has 0 unspecified atom stereocenters. The zero-order valence-electron chi connectivity index (χ0n) is 11.5. The molecule has 0 amide bonds. The summed E-state index contributed by atoms with van der Waals surface area (Å²) in [7, 11) is 0. The van der Waals surface area contributed by atoms with Crippen molar-refractivity contribution < 1.29 is 14.6 Å². The smallest absolute Gasteiger partial charge is 0.168 e. The molecule has 1 saturated heterocycles.